The molecule has 184 valence electrons. The molecule has 0 aliphatic rings. The summed E-state index contributed by atoms with van der Waals surface area (Å²) in [6.45, 7) is 3.09. The second-order valence-electron chi connectivity index (χ2n) is 7.42. The van der Waals surface area contributed by atoms with Crippen LogP contribution in [0.15, 0.2) is 78.9 Å². The van der Waals surface area contributed by atoms with E-state index in [1.54, 1.807) is 42.5 Å². The lowest BCUT2D eigenvalue weighted by atomic mass is 10.2. The average molecular weight is 497 g/mol. The minimum atomic E-state index is -3.36. The van der Waals surface area contributed by atoms with Gasteiger partial charge in [-0.2, -0.15) is 0 Å². The molecule has 0 heterocycles. The van der Waals surface area contributed by atoms with E-state index in [4.69, 9.17) is 14.2 Å². The maximum atomic E-state index is 12.3. The number of anilines is 2. The average Bonchev–Trinajstić information content (AvgIpc) is 2.83. The van der Waals surface area contributed by atoms with Crippen LogP contribution < -0.4 is 24.2 Å². The molecule has 0 unspecified atom stereocenters. The van der Waals surface area contributed by atoms with Crippen molar-refractivity contribution in [3.8, 4) is 17.2 Å². The molecule has 0 aromatic heterocycles. The van der Waals surface area contributed by atoms with Gasteiger partial charge >= 0.3 is 0 Å². The lowest BCUT2D eigenvalue weighted by Gasteiger charge is -2.13. The molecule has 0 saturated heterocycles. The molecule has 0 radical (unpaired) electrons. The van der Waals surface area contributed by atoms with Gasteiger partial charge < -0.3 is 19.5 Å². The highest BCUT2D eigenvalue weighted by Gasteiger charge is 2.07. The molecule has 35 heavy (non-hydrogen) atoms. The van der Waals surface area contributed by atoms with Crippen LogP contribution in [0.25, 0.3) is 6.08 Å². The molecule has 0 bridgehead atoms. The number of benzene rings is 3. The van der Waals surface area contributed by atoms with E-state index in [-0.39, 0.29) is 5.91 Å². The highest BCUT2D eigenvalue weighted by Crippen LogP contribution is 2.29. The standard InChI is InChI=1S/C26H28N2O6S/c1-3-32-25-19-20(9-15-24(25)34-18-17-33-23-7-5-4-6-8-23)10-16-26(29)27-21-11-13-22(14-12-21)28-35(2,30)31/h4-16,19,28H,3,17-18H2,1-2H3,(H,27,29). The van der Waals surface area contributed by atoms with Gasteiger partial charge in [0.2, 0.25) is 15.9 Å². The molecule has 0 aliphatic carbocycles. The Labute approximate surface area is 205 Å². The van der Waals surface area contributed by atoms with Gasteiger partial charge in [0, 0.05) is 17.5 Å². The van der Waals surface area contributed by atoms with Crippen molar-refractivity contribution in [3.63, 3.8) is 0 Å². The van der Waals surface area contributed by atoms with E-state index < -0.39 is 10.0 Å². The number of rotatable bonds is 12. The predicted molar refractivity (Wildman–Crippen MR) is 138 cm³/mol. The zero-order chi connectivity index (χ0) is 25.1. The molecule has 1 amide bonds. The van der Waals surface area contributed by atoms with Gasteiger partial charge in [0.25, 0.3) is 0 Å². The summed E-state index contributed by atoms with van der Waals surface area (Å²) in [5.41, 5.74) is 1.72. The fraction of sp³-hybridized carbons (Fsp3) is 0.192. The SMILES string of the molecule is CCOc1cc(C=CC(=O)Nc2ccc(NS(C)(=O)=O)cc2)ccc1OCCOc1ccccc1. The first-order valence-electron chi connectivity index (χ1n) is 11.0. The third-order valence-electron chi connectivity index (χ3n) is 4.50. The summed E-state index contributed by atoms with van der Waals surface area (Å²) in [6.07, 6.45) is 4.14. The van der Waals surface area contributed by atoms with Crippen LogP contribution in [0.4, 0.5) is 11.4 Å². The van der Waals surface area contributed by atoms with E-state index in [1.165, 1.54) is 6.08 Å². The van der Waals surface area contributed by atoms with Crippen molar-refractivity contribution >= 4 is 33.4 Å². The number of carbonyl (C=O) groups is 1. The molecule has 3 aromatic rings. The lowest BCUT2D eigenvalue weighted by molar-refractivity contribution is -0.111. The van der Waals surface area contributed by atoms with E-state index in [0.717, 1.165) is 17.6 Å². The fourth-order valence-electron chi connectivity index (χ4n) is 3.04. The molecule has 2 N–H and O–H groups in total. The van der Waals surface area contributed by atoms with E-state index in [2.05, 4.69) is 10.0 Å². The molecule has 0 saturated carbocycles. The highest BCUT2D eigenvalue weighted by molar-refractivity contribution is 7.92. The summed E-state index contributed by atoms with van der Waals surface area (Å²) in [5, 5.41) is 2.73. The summed E-state index contributed by atoms with van der Waals surface area (Å²) in [7, 11) is -3.36. The van der Waals surface area contributed by atoms with Crippen molar-refractivity contribution in [1.82, 2.24) is 0 Å². The van der Waals surface area contributed by atoms with Gasteiger partial charge in [-0.3, -0.25) is 9.52 Å². The topological polar surface area (TPSA) is 103 Å². The van der Waals surface area contributed by atoms with Crippen molar-refractivity contribution in [2.45, 2.75) is 6.92 Å². The largest absolute Gasteiger partial charge is 0.490 e. The van der Waals surface area contributed by atoms with Crippen molar-refractivity contribution in [3.05, 3.63) is 84.4 Å². The normalized spacial score (nSPS) is 11.1. The Morgan fingerprint density at radius 1 is 0.857 bits per heavy atom. The Kier molecular flexibility index (Phi) is 9.14. The van der Waals surface area contributed by atoms with E-state index >= 15 is 0 Å². The molecule has 3 rings (SSSR count). The van der Waals surface area contributed by atoms with E-state index in [1.807, 2.05) is 43.3 Å². The third kappa shape index (κ3) is 9.05. The summed E-state index contributed by atoms with van der Waals surface area (Å²) in [5.74, 6) is 1.61. The van der Waals surface area contributed by atoms with Gasteiger partial charge in [-0.05, 0) is 67.1 Å². The molecule has 0 spiro atoms. The number of nitrogens with one attached hydrogen (secondary N) is 2. The molecule has 0 fully saturated rings. The number of hydrogen-bond donors (Lipinski definition) is 2. The number of hydrogen-bond acceptors (Lipinski definition) is 6. The predicted octanol–water partition coefficient (Wildman–Crippen LogP) is 4.57. The van der Waals surface area contributed by atoms with Crippen LogP contribution in [-0.4, -0.2) is 40.4 Å². The third-order valence-corrected chi connectivity index (χ3v) is 5.11. The molecule has 0 aliphatic heterocycles. The molecule has 0 atom stereocenters. The van der Waals surface area contributed by atoms with Crippen LogP contribution in [0, 0.1) is 0 Å². The quantitative estimate of drug-likeness (QED) is 0.281. The lowest BCUT2D eigenvalue weighted by Crippen LogP contribution is -2.10. The van der Waals surface area contributed by atoms with E-state index in [9.17, 15) is 13.2 Å². The van der Waals surface area contributed by atoms with E-state index in [0.29, 0.717) is 42.7 Å². The second-order valence-corrected chi connectivity index (χ2v) is 9.17. The van der Waals surface area contributed by atoms with Gasteiger partial charge in [0.05, 0.1) is 12.9 Å². The van der Waals surface area contributed by atoms with Crippen LogP contribution >= 0.6 is 0 Å². The van der Waals surface area contributed by atoms with Crippen molar-refractivity contribution in [2.24, 2.45) is 0 Å². The number of carbonyl (C=O) groups excluding carboxylic acids is 1. The zero-order valence-corrected chi connectivity index (χ0v) is 20.4. The molecular formula is C26H28N2O6S. The van der Waals surface area contributed by atoms with Crippen LogP contribution in [-0.2, 0) is 14.8 Å². The van der Waals surface area contributed by atoms with Gasteiger partial charge in [-0.25, -0.2) is 8.42 Å². The molecular weight excluding hydrogens is 468 g/mol. The van der Waals surface area contributed by atoms with Crippen molar-refractivity contribution < 1.29 is 27.4 Å². The number of ether oxygens (including phenoxy) is 3. The minimum Gasteiger partial charge on any atom is -0.490 e. The summed E-state index contributed by atoms with van der Waals surface area (Å²) in [4.78, 5) is 12.3. The maximum absolute atomic E-state index is 12.3. The Hall–Kier alpha value is -3.98. The highest BCUT2D eigenvalue weighted by atomic mass is 32.2. The minimum absolute atomic E-state index is 0.329. The summed E-state index contributed by atoms with van der Waals surface area (Å²) >= 11 is 0. The van der Waals surface area contributed by atoms with Gasteiger partial charge in [-0.1, -0.05) is 24.3 Å². The van der Waals surface area contributed by atoms with Gasteiger partial charge in [-0.15, -0.1) is 0 Å². The first-order chi connectivity index (χ1) is 16.8. The first kappa shape index (κ1) is 25.6. The summed E-state index contributed by atoms with van der Waals surface area (Å²) < 4.78 is 42.1. The van der Waals surface area contributed by atoms with Crippen LogP contribution in [0.3, 0.4) is 0 Å². The number of amides is 1. The molecule has 8 nitrogen and oxygen atoms in total. The fourth-order valence-corrected chi connectivity index (χ4v) is 3.60. The smallest absolute Gasteiger partial charge is 0.248 e. The van der Waals surface area contributed by atoms with Gasteiger partial charge in [0.15, 0.2) is 11.5 Å². The van der Waals surface area contributed by atoms with Crippen molar-refractivity contribution in [2.75, 3.05) is 36.1 Å². The van der Waals surface area contributed by atoms with Crippen LogP contribution in [0.2, 0.25) is 0 Å². The second kappa shape index (κ2) is 12.5. The van der Waals surface area contributed by atoms with Crippen LogP contribution in [0.1, 0.15) is 12.5 Å². The Morgan fingerprint density at radius 3 is 2.23 bits per heavy atom. The number of para-hydroxylation sites is 1. The van der Waals surface area contributed by atoms with Crippen molar-refractivity contribution in [1.29, 1.82) is 0 Å². The monoisotopic (exact) mass is 496 g/mol. The number of sulfonamides is 1. The Balaban J connectivity index is 1.55. The maximum Gasteiger partial charge on any atom is 0.248 e. The Bertz CT molecular complexity index is 1240. The molecule has 9 heteroatoms. The summed E-state index contributed by atoms with van der Waals surface area (Å²) in [6, 6.07) is 21.3. The molecule has 3 aromatic carbocycles. The zero-order valence-electron chi connectivity index (χ0n) is 19.6. The van der Waals surface area contributed by atoms with Crippen LogP contribution in [0.5, 0.6) is 17.2 Å². The first-order valence-corrected chi connectivity index (χ1v) is 12.9. The van der Waals surface area contributed by atoms with Gasteiger partial charge in [0.1, 0.15) is 19.0 Å². The Morgan fingerprint density at radius 2 is 1.54 bits per heavy atom.